The van der Waals surface area contributed by atoms with Crippen molar-refractivity contribution < 1.29 is 14.7 Å². The number of hydrogen-bond acceptors (Lipinski definition) is 3. The van der Waals surface area contributed by atoms with Gasteiger partial charge in [-0.3, -0.25) is 9.78 Å². The number of rotatable bonds is 5. The van der Waals surface area contributed by atoms with Crippen molar-refractivity contribution in [1.82, 2.24) is 10.3 Å². The molecule has 0 unspecified atom stereocenters. The second-order valence-corrected chi connectivity index (χ2v) is 3.79. The van der Waals surface area contributed by atoms with Gasteiger partial charge in [0, 0.05) is 11.9 Å². The molecule has 0 saturated heterocycles. The number of carbonyl (C=O) groups excluding carboxylic acids is 1. The summed E-state index contributed by atoms with van der Waals surface area (Å²) in [5.41, 5.74) is 1.00. The SMILES string of the molecule is CCC[C@H](NC(=O)c1cccnc1C)C(=O)O. The van der Waals surface area contributed by atoms with Crippen molar-refractivity contribution in [3.8, 4) is 0 Å². The van der Waals surface area contributed by atoms with Crippen LogP contribution in [-0.2, 0) is 4.79 Å². The van der Waals surface area contributed by atoms with Crippen molar-refractivity contribution in [2.75, 3.05) is 0 Å². The number of aromatic nitrogens is 1. The third-order valence-electron chi connectivity index (χ3n) is 2.43. The molecule has 0 spiro atoms. The quantitative estimate of drug-likeness (QED) is 0.809. The van der Waals surface area contributed by atoms with Crippen LogP contribution in [0.3, 0.4) is 0 Å². The van der Waals surface area contributed by atoms with Crippen molar-refractivity contribution >= 4 is 11.9 Å². The Morgan fingerprint density at radius 2 is 2.24 bits per heavy atom. The first-order valence-corrected chi connectivity index (χ1v) is 5.51. The van der Waals surface area contributed by atoms with Crippen LogP contribution in [-0.4, -0.2) is 28.0 Å². The summed E-state index contributed by atoms with van der Waals surface area (Å²) in [5, 5.41) is 11.4. The maximum Gasteiger partial charge on any atom is 0.326 e. The minimum absolute atomic E-state index is 0.392. The Hall–Kier alpha value is -1.91. The Labute approximate surface area is 99.9 Å². The molecule has 0 saturated carbocycles. The Morgan fingerprint density at radius 1 is 1.53 bits per heavy atom. The van der Waals surface area contributed by atoms with E-state index in [2.05, 4.69) is 10.3 Å². The van der Waals surface area contributed by atoms with E-state index in [1.54, 1.807) is 25.3 Å². The minimum atomic E-state index is -1.01. The lowest BCUT2D eigenvalue weighted by Gasteiger charge is -2.14. The second kappa shape index (κ2) is 5.98. The summed E-state index contributed by atoms with van der Waals surface area (Å²) in [6.07, 6.45) is 2.70. The van der Waals surface area contributed by atoms with Gasteiger partial charge in [-0.25, -0.2) is 4.79 Å². The van der Waals surface area contributed by atoms with E-state index in [1.165, 1.54) is 0 Å². The molecule has 0 aromatic carbocycles. The molecule has 1 aromatic rings. The van der Waals surface area contributed by atoms with Crippen molar-refractivity contribution in [1.29, 1.82) is 0 Å². The molecule has 1 amide bonds. The average Bonchev–Trinajstić information content (AvgIpc) is 2.28. The van der Waals surface area contributed by atoms with Gasteiger partial charge in [-0.05, 0) is 25.5 Å². The molecule has 0 radical (unpaired) electrons. The van der Waals surface area contributed by atoms with Gasteiger partial charge >= 0.3 is 5.97 Å². The molecule has 2 N–H and O–H groups in total. The van der Waals surface area contributed by atoms with Crippen LogP contribution in [0.1, 0.15) is 35.8 Å². The third kappa shape index (κ3) is 3.55. The molecule has 5 heteroatoms. The molecule has 0 bridgehead atoms. The van der Waals surface area contributed by atoms with Crippen LogP contribution in [0, 0.1) is 6.92 Å². The molecular formula is C12H16N2O3. The van der Waals surface area contributed by atoms with Gasteiger partial charge in [0.2, 0.25) is 0 Å². The number of carboxylic acid groups (broad SMARTS) is 1. The molecule has 92 valence electrons. The molecule has 0 aliphatic rings. The maximum atomic E-state index is 11.8. The van der Waals surface area contributed by atoms with E-state index in [4.69, 9.17) is 5.11 Å². The normalized spacial score (nSPS) is 11.9. The standard InChI is InChI=1S/C12H16N2O3/c1-3-5-10(12(16)17)14-11(15)9-6-4-7-13-8(9)2/h4,6-7,10H,3,5H2,1-2H3,(H,14,15)(H,16,17)/t10-/m0/s1. The highest BCUT2D eigenvalue weighted by Crippen LogP contribution is 2.05. The van der Waals surface area contributed by atoms with Crippen LogP contribution in [0.5, 0.6) is 0 Å². The van der Waals surface area contributed by atoms with E-state index in [-0.39, 0.29) is 0 Å². The van der Waals surface area contributed by atoms with Gasteiger partial charge < -0.3 is 10.4 Å². The summed E-state index contributed by atoms with van der Waals surface area (Å²) in [6, 6.07) is 2.44. The van der Waals surface area contributed by atoms with Crippen LogP contribution >= 0.6 is 0 Å². The maximum absolute atomic E-state index is 11.8. The summed E-state index contributed by atoms with van der Waals surface area (Å²) < 4.78 is 0. The molecule has 0 fully saturated rings. The van der Waals surface area contributed by atoms with E-state index < -0.39 is 17.9 Å². The Bertz CT molecular complexity index is 418. The number of carbonyl (C=O) groups is 2. The Balaban J connectivity index is 2.77. The predicted molar refractivity (Wildman–Crippen MR) is 62.8 cm³/mol. The number of aliphatic carboxylic acids is 1. The topological polar surface area (TPSA) is 79.3 Å². The second-order valence-electron chi connectivity index (χ2n) is 3.79. The van der Waals surface area contributed by atoms with E-state index in [0.717, 1.165) is 0 Å². The first-order chi connectivity index (χ1) is 8.06. The number of nitrogens with one attached hydrogen (secondary N) is 1. The van der Waals surface area contributed by atoms with Gasteiger partial charge in [-0.1, -0.05) is 13.3 Å². The lowest BCUT2D eigenvalue weighted by molar-refractivity contribution is -0.139. The van der Waals surface area contributed by atoms with Crippen molar-refractivity contribution in [2.24, 2.45) is 0 Å². The number of amides is 1. The first kappa shape index (κ1) is 13.2. The summed E-state index contributed by atoms with van der Waals surface area (Å²) in [7, 11) is 0. The van der Waals surface area contributed by atoms with Gasteiger partial charge in [0.1, 0.15) is 6.04 Å². The van der Waals surface area contributed by atoms with Crippen LogP contribution in [0.4, 0.5) is 0 Å². The fourth-order valence-corrected chi connectivity index (χ4v) is 1.51. The number of hydrogen-bond donors (Lipinski definition) is 2. The van der Waals surface area contributed by atoms with E-state index in [9.17, 15) is 9.59 Å². The smallest absolute Gasteiger partial charge is 0.326 e. The number of pyridine rings is 1. The number of nitrogens with zero attached hydrogens (tertiary/aromatic N) is 1. The lowest BCUT2D eigenvalue weighted by Crippen LogP contribution is -2.40. The number of aryl methyl sites for hydroxylation is 1. The first-order valence-electron chi connectivity index (χ1n) is 5.51. The highest BCUT2D eigenvalue weighted by atomic mass is 16.4. The van der Waals surface area contributed by atoms with Crippen LogP contribution in [0.25, 0.3) is 0 Å². The Morgan fingerprint density at radius 3 is 2.76 bits per heavy atom. The Kier molecular flexibility index (Phi) is 4.63. The zero-order valence-corrected chi connectivity index (χ0v) is 9.93. The summed E-state index contributed by atoms with van der Waals surface area (Å²) in [6.45, 7) is 3.59. The molecule has 1 aromatic heterocycles. The number of carboxylic acids is 1. The summed E-state index contributed by atoms with van der Waals surface area (Å²) >= 11 is 0. The minimum Gasteiger partial charge on any atom is -0.480 e. The molecule has 1 atom stereocenters. The predicted octanol–water partition coefficient (Wildman–Crippen LogP) is 1.37. The zero-order chi connectivity index (χ0) is 12.8. The van der Waals surface area contributed by atoms with Gasteiger partial charge in [0.25, 0.3) is 5.91 Å². The fourth-order valence-electron chi connectivity index (χ4n) is 1.51. The van der Waals surface area contributed by atoms with Crippen molar-refractivity contribution in [2.45, 2.75) is 32.7 Å². The third-order valence-corrected chi connectivity index (χ3v) is 2.43. The highest BCUT2D eigenvalue weighted by Gasteiger charge is 2.20. The van der Waals surface area contributed by atoms with Crippen molar-refractivity contribution in [3.05, 3.63) is 29.6 Å². The largest absolute Gasteiger partial charge is 0.480 e. The molecule has 5 nitrogen and oxygen atoms in total. The fraction of sp³-hybridized carbons (Fsp3) is 0.417. The molecule has 1 heterocycles. The average molecular weight is 236 g/mol. The molecule has 1 rings (SSSR count). The molecule has 17 heavy (non-hydrogen) atoms. The zero-order valence-electron chi connectivity index (χ0n) is 9.93. The van der Waals surface area contributed by atoms with Crippen LogP contribution in [0.15, 0.2) is 18.3 Å². The summed E-state index contributed by atoms with van der Waals surface area (Å²) in [5.74, 6) is -1.40. The monoisotopic (exact) mass is 236 g/mol. The molecule has 0 aliphatic heterocycles. The van der Waals surface area contributed by atoms with E-state index in [0.29, 0.717) is 24.1 Å². The van der Waals surface area contributed by atoms with Crippen molar-refractivity contribution in [3.63, 3.8) is 0 Å². The van der Waals surface area contributed by atoms with E-state index in [1.807, 2.05) is 6.92 Å². The molecule has 0 aliphatic carbocycles. The van der Waals surface area contributed by atoms with Crippen LogP contribution in [0.2, 0.25) is 0 Å². The lowest BCUT2D eigenvalue weighted by atomic mass is 10.1. The highest BCUT2D eigenvalue weighted by molar-refractivity contribution is 5.97. The van der Waals surface area contributed by atoms with Gasteiger partial charge in [-0.15, -0.1) is 0 Å². The molecular weight excluding hydrogens is 220 g/mol. The van der Waals surface area contributed by atoms with Gasteiger partial charge in [-0.2, -0.15) is 0 Å². The van der Waals surface area contributed by atoms with E-state index >= 15 is 0 Å². The van der Waals surface area contributed by atoms with Gasteiger partial charge in [0.05, 0.1) is 5.56 Å². The van der Waals surface area contributed by atoms with Crippen LogP contribution < -0.4 is 5.32 Å². The summed E-state index contributed by atoms with van der Waals surface area (Å²) in [4.78, 5) is 26.7. The van der Waals surface area contributed by atoms with Gasteiger partial charge in [0.15, 0.2) is 0 Å².